The third-order valence-electron chi connectivity index (χ3n) is 4.77. The van der Waals surface area contributed by atoms with E-state index >= 15 is 0 Å². The fraction of sp³-hybridized carbons (Fsp3) is 0.130. The lowest BCUT2D eigenvalue weighted by Gasteiger charge is -2.11. The zero-order valence-electron chi connectivity index (χ0n) is 16.4. The van der Waals surface area contributed by atoms with Gasteiger partial charge in [-0.05, 0) is 60.7 Å². The van der Waals surface area contributed by atoms with Gasteiger partial charge in [0.05, 0.1) is 19.6 Å². The van der Waals surface area contributed by atoms with Crippen LogP contribution in [0.15, 0.2) is 65.2 Å². The summed E-state index contributed by atoms with van der Waals surface area (Å²) >= 11 is 5.97. The second-order valence-electron chi connectivity index (χ2n) is 6.61. The van der Waals surface area contributed by atoms with Crippen molar-refractivity contribution >= 4 is 28.4 Å². The van der Waals surface area contributed by atoms with E-state index in [0.29, 0.717) is 39.9 Å². The lowest BCUT2D eigenvalue weighted by Crippen LogP contribution is -2.23. The summed E-state index contributed by atoms with van der Waals surface area (Å²) in [6.07, 6.45) is 0. The molecule has 0 spiro atoms. The van der Waals surface area contributed by atoms with Crippen LogP contribution in [-0.4, -0.2) is 25.3 Å². The second kappa shape index (κ2) is 8.47. The molecule has 0 saturated carbocycles. The van der Waals surface area contributed by atoms with E-state index in [1.165, 1.54) is 0 Å². The van der Waals surface area contributed by atoms with Gasteiger partial charge in [-0.1, -0.05) is 16.8 Å². The van der Waals surface area contributed by atoms with Crippen molar-refractivity contribution in [3.8, 4) is 22.8 Å². The average molecular weight is 423 g/mol. The van der Waals surface area contributed by atoms with Gasteiger partial charge in [0.15, 0.2) is 5.76 Å². The number of hydrogen-bond acceptors (Lipinski definition) is 5. The van der Waals surface area contributed by atoms with Crippen LogP contribution in [0.4, 0.5) is 0 Å². The summed E-state index contributed by atoms with van der Waals surface area (Å²) in [6.45, 7) is 0.297. The number of methoxy groups -OCH3 is 2. The molecule has 6 nitrogen and oxygen atoms in total. The van der Waals surface area contributed by atoms with E-state index in [9.17, 15) is 4.79 Å². The maximum absolute atomic E-state index is 12.8. The van der Waals surface area contributed by atoms with Crippen LogP contribution in [0, 0.1) is 0 Å². The molecule has 0 aliphatic heterocycles. The molecule has 0 bridgehead atoms. The van der Waals surface area contributed by atoms with Crippen LogP contribution in [0.1, 0.15) is 15.9 Å². The standard InChI is InChI=1S/C23H19ClN2O4/c1-28-18-8-10-21(29-2)16(11-18)13-25-23(27)15-5-9-20-19(12-15)22(30-26-20)14-3-6-17(24)7-4-14/h3-12H,13H2,1-2H3,(H,25,27). The maximum atomic E-state index is 12.8. The molecule has 152 valence electrons. The first kappa shape index (κ1) is 19.8. The summed E-state index contributed by atoms with van der Waals surface area (Å²) < 4.78 is 16.1. The molecule has 0 aliphatic rings. The minimum Gasteiger partial charge on any atom is -0.497 e. The number of nitrogens with one attached hydrogen (secondary N) is 1. The Bertz CT molecular complexity index is 1200. The summed E-state index contributed by atoms with van der Waals surface area (Å²) in [7, 11) is 3.18. The second-order valence-corrected chi connectivity index (χ2v) is 7.05. The Morgan fingerprint density at radius 1 is 1.03 bits per heavy atom. The first-order chi connectivity index (χ1) is 14.6. The summed E-state index contributed by atoms with van der Waals surface area (Å²) in [5.74, 6) is 1.74. The Morgan fingerprint density at radius 3 is 2.57 bits per heavy atom. The van der Waals surface area contributed by atoms with Crippen LogP contribution in [0.2, 0.25) is 5.02 Å². The third kappa shape index (κ3) is 3.95. The Morgan fingerprint density at radius 2 is 1.83 bits per heavy atom. The molecule has 30 heavy (non-hydrogen) atoms. The summed E-state index contributed by atoms with van der Waals surface area (Å²) in [6, 6.07) is 18.0. The fourth-order valence-electron chi connectivity index (χ4n) is 3.19. The molecular weight excluding hydrogens is 404 g/mol. The van der Waals surface area contributed by atoms with Crippen molar-refractivity contribution in [3.05, 3.63) is 76.8 Å². The number of fused-ring (bicyclic) bond motifs is 1. The number of carbonyl (C=O) groups is 1. The van der Waals surface area contributed by atoms with Crippen LogP contribution in [0.25, 0.3) is 22.2 Å². The molecule has 1 aromatic heterocycles. The highest BCUT2D eigenvalue weighted by Gasteiger charge is 2.15. The van der Waals surface area contributed by atoms with Crippen LogP contribution < -0.4 is 14.8 Å². The van der Waals surface area contributed by atoms with Gasteiger partial charge in [0.1, 0.15) is 17.0 Å². The quantitative estimate of drug-likeness (QED) is 0.468. The van der Waals surface area contributed by atoms with Gasteiger partial charge in [0.25, 0.3) is 5.91 Å². The Balaban J connectivity index is 1.58. The van der Waals surface area contributed by atoms with Gasteiger partial charge < -0.3 is 19.3 Å². The molecule has 0 atom stereocenters. The van der Waals surface area contributed by atoms with Gasteiger partial charge in [0.2, 0.25) is 0 Å². The van der Waals surface area contributed by atoms with Crippen molar-refractivity contribution in [3.63, 3.8) is 0 Å². The molecule has 7 heteroatoms. The van der Waals surface area contributed by atoms with Crippen LogP contribution in [0.5, 0.6) is 11.5 Å². The highest BCUT2D eigenvalue weighted by atomic mass is 35.5. The van der Waals surface area contributed by atoms with E-state index in [1.807, 2.05) is 30.3 Å². The predicted molar refractivity (Wildman–Crippen MR) is 115 cm³/mol. The number of ether oxygens (including phenoxy) is 2. The van der Waals surface area contributed by atoms with Crippen LogP contribution in [0.3, 0.4) is 0 Å². The lowest BCUT2D eigenvalue weighted by atomic mass is 10.1. The van der Waals surface area contributed by atoms with Crippen LogP contribution >= 0.6 is 11.6 Å². The molecule has 1 N–H and O–H groups in total. The lowest BCUT2D eigenvalue weighted by molar-refractivity contribution is 0.0951. The first-order valence-electron chi connectivity index (χ1n) is 9.23. The Kier molecular flexibility index (Phi) is 5.59. The van der Waals surface area contributed by atoms with Crippen molar-refractivity contribution in [2.45, 2.75) is 6.54 Å². The van der Waals surface area contributed by atoms with E-state index in [-0.39, 0.29) is 5.91 Å². The molecule has 0 fully saturated rings. The number of amides is 1. The van der Waals surface area contributed by atoms with Gasteiger partial charge in [-0.2, -0.15) is 0 Å². The summed E-state index contributed by atoms with van der Waals surface area (Å²) in [4.78, 5) is 12.8. The number of aromatic nitrogens is 1. The SMILES string of the molecule is COc1ccc(OC)c(CNC(=O)c2ccc3noc(-c4ccc(Cl)cc4)c3c2)c1. The highest BCUT2D eigenvalue weighted by molar-refractivity contribution is 6.30. The maximum Gasteiger partial charge on any atom is 0.251 e. The van der Waals surface area contributed by atoms with Gasteiger partial charge >= 0.3 is 0 Å². The molecule has 0 radical (unpaired) electrons. The molecule has 4 aromatic rings. The Labute approximate surface area is 178 Å². The fourth-order valence-corrected chi connectivity index (χ4v) is 3.32. The highest BCUT2D eigenvalue weighted by Crippen LogP contribution is 2.30. The molecule has 1 heterocycles. The largest absolute Gasteiger partial charge is 0.497 e. The van der Waals surface area contributed by atoms with Crippen LogP contribution in [-0.2, 0) is 6.54 Å². The number of halogens is 1. The van der Waals surface area contributed by atoms with E-state index in [0.717, 1.165) is 16.5 Å². The summed E-state index contributed by atoms with van der Waals surface area (Å²) in [5, 5.41) is 8.39. The minimum atomic E-state index is -0.218. The van der Waals surface area contributed by atoms with E-state index < -0.39 is 0 Å². The molecule has 3 aromatic carbocycles. The topological polar surface area (TPSA) is 73.6 Å². The number of benzene rings is 3. The van der Waals surface area contributed by atoms with Crippen molar-refractivity contribution in [2.75, 3.05) is 14.2 Å². The van der Waals surface area contributed by atoms with Crippen molar-refractivity contribution in [1.29, 1.82) is 0 Å². The number of nitrogens with zero attached hydrogens (tertiary/aromatic N) is 1. The molecule has 0 saturated heterocycles. The molecular formula is C23H19ClN2O4. The molecule has 4 rings (SSSR count). The number of hydrogen-bond donors (Lipinski definition) is 1. The number of carbonyl (C=O) groups excluding carboxylic acids is 1. The van der Waals surface area contributed by atoms with E-state index in [2.05, 4.69) is 10.5 Å². The normalized spacial score (nSPS) is 10.8. The predicted octanol–water partition coefficient (Wildman–Crippen LogP) is 5.10. The Hall–Kier alpha value is -3.51. The van der Waals surface area contributed by atoms with E-state index in [4.69, 9.17) is 25.6 Å². The average Bonchev–Trinajstić information content (AvgIpc) is 3.21. The zero-order valence-corrected chi connectivity index (χ0v) is 17.2. The smallest absolute Gasteiger partial charge is 0.251 e. The van der Waals surface area contributed by atoms with Gasteiger partial charge in [0, 0.05) is 28.3 Å². The number of rotatable bonds is 6. The van der Waals surface area contributed by atoms with Crippen molar-refractivity contribution < 1.29 is 18.8 Å². The molecule has 0 unspecified atom stereocenters. The first-order valence-corrected chi connectivity index (χ1v) is 9.61. The molecule has 1 amide bonds. The molecule has 0 aliphatic carbocycles. The van der Waals surface area contributed by atoms with Crippen molar-refractivity contribution in [1.82, 2.24) is 10.5 Å². The summed E-state index contributed by atoms with van der Waals surface area (Å²) in [5.41, 5.74) is 2.83. The monoisotopic (exact) mass is 422 g/mol. The van der Waals surface area contributed by atoms with E-state index in [1.54, 1.807) is 44.6 Å². The minimum absolute atomic E-state index is 0.218. The van der Waals surface area contributed by atoms with Gasteiger partial charge in [-0.25, -0.2) is 0 Å². The van der Waals surface area contributed by atoms with Gasteiger partial charge in [-0.15, -0.1) is 0 Å². The zero-order chi connectivity index (χ0) is 21.1. The van der Waals surface area contributed by atoms with Crippen molar-refractivity contribution in [2.24, 2.45) is 0 Å². The third-order valence-corrected chi connectivity index (χ3v) is 5.02. The van der Waals surface area contributed by atoms with Gasteiger partial charge in [-0.3, -0.25) is 4.79 Å².